The second-order valence-corrected chi connectivity index (χ2v) is 5.62. The molecule has 4 heteroatoms. The molecule has 0 bridgehead atoms. The van der Waals surface area contributed by atoms with Crippen LogP contribution in [0.4, 0.5) is 4.39 Å². The van der Waals surface area contributed by atoms with Crippen LogP contribution in [-0.4, -0.2) is 16.9 Å². The first kappa shape index (κ1) is 15.6. The SMILES string of the molecule is CC(c1ccccc1F)N(C)Cc1cccc(C(N)=S)c1. The Balaban J connectivity index is 2.14. The van der Waals surface area contributed by atoms with E-state index in [9.17, 15) is 4.39 Å². The fourth-order valence-corrected chi connectivity index (χ4v) is 2.43. The van der Waals surface area contributed by atoms with Crippen molar-refractivity contribution in [1.29, 1.82) is 0 Å². The lowest BCUT2D eigenvalue weighted by atomic mass is 10.1. The molecule has 2 nitrogen and oxygen atoms in total. The van der Waals surface area contributed by atoms with Crippen molar-refractivity contribution in [3.63, 3.8) is 0 Å². The highest BCUT2D eigenvalue weighted by Crippen LogP contribution is 2.23. The molecule has 0 amide bonds. The van der Waals surface area contributed by atoms with Crippen molar-refractivity contribution >= 4 is 17.2 Å². The number of nitrogens with two attached hydrogens (primary N) is 1. The normalized spacial score (nSPS) is 12.4. The van der Waals surface area contributed by atoms with Gasteiger partial charge in [-0.05, 0) is 31.7 Å². The van der Waals surface area contributed by atoms with Gasteiger partial charge >= 0.3 is 0 Å². The minimum absolute atomic E-state index is 0.0142. The van der Waals surface area contributed by atoms with Crippen LogP contribution in [0.2, 0.25) is 0 Å². The third kappa shape index (κ3) is 3.86. The third-order valence-corrected chi connectivity index (χ3v) is 3.90. The number of benzene rings is 2. The molecule has 0 aliphatic carbocycles. The Hall–Kier alpha value is -1.78. The second kappa shape index (κ2) is 6.78. The van der Waals surface area contributed by atoms with Crippen molar-refractivity contribution in [2.24, 2.45) is 5.73 Å². The molecule has 0 saturated heterocycles. The topological polar surface area (TPSA) is 29.3 Å². The van der Waals surface area contributed by atoms with Gasteiger partial charge in [0, 0.05) is 23.7 Å². The molecular weight excluding hydrogens is 283 g/mol. The molecule has 0 aromatic heterocycles. The van der Waals surface area contributed by atoms with E-state index in [0.717, 1.165) is 11.1 Å². The van der Waals surface area contributed by atoms with Gasteiger partial charge in [0.1, 0.15) is 10.8 Å². The number of halogens is 1. The van der Waals surface area contributed by atoms with Crippen molar-refractivity contribution in [3.8, 4) is 0 Å². The zero-order valence-corrected chi connectivity index (χ0v) is 13.0. The maximum atomic E-state index is 13.8. The lowest BCUT2D eigenvalue weighted by molar-refractivity contribution is 0.248. The van der Waals surface area contributed by atoms with Crippen molar-refractivity contribution in [1.82, 2.24) is 4.90 Å². The van der Waals surface area contributed by atoms with Gasteiger partial charge in [-0.25, -0.2) is 4.39 Å². The molecule has 2 rings (SSSR count). The molecule has 110 valence electrons. The fourth-order valence-electron chi connectivity index (χ4n) is 2.30. The van der Waals surface area contributed by atoms with Gasteiger partial charge in [-0.2, -0.15) is 0 Å². The summed E-state index contributed by atoms with van der Waals surface area (Å²) in [4.78, 5) is 2.48. The maximum absolute atomic E-state index is 13.8. The first-order valence-corrected chi connectivity index (χ1v) is 7.23. The average molecular weight is 302 g/mol. The van der Waals surface area contributed by atoms with Crippen molar-refractivity contribution in [3.05, 3.63) is 71.0 Å². The standard InChI is InChI=1S/C17H19FN2S/c1-12(15-8-3-4-9-16(15)18)20(2)11-13-6-5-7-14(10-13)17(19)21/h3-10,12H,11H2,1-2H3,(H2,19,21). The Morgan fingerprint density at radius 2 is 1.95 bits per heavy atom. The molecule has 2 N–H and O–H groups in total. The first-order chi connectivity index (χ1) is 9.99. The highest BCUT2D eigenvalue weighted by molar-refractivity contribution is 7.80. The number of thiocarbonyl (C=S) groups is 1. The summed E-state index contributed by atoms with van der Waals surface area (Å²) in [5, 5.41) is 0. The van der Waals surface area contributed by atoms with Crippen molar-refractivity contribution in [2.45, 2.75) is 19.5 Å². The highest BCUT2D eigenvalue weighted by Gasteiger charge is 2.15. The molecule has 2 aromatic carbocycles. The summed E-state index contributed by atoms with van der Waals surface area (Å²) >= 11 is 5.00. The average Bonchev–Trinajstić information content (AvgIpc) is 2.47. The smallest absolute Gasteiger partial charge is 0.127 e. The summed E-state index contributed by atoms with van der Waals surface area (Å²) in [5.74, 6) is -0.172. The van der Waals surface area contributed by atoms with Crippen LogP contribution >= 0.6 is 12.2 Å². The van der Waals surface area contributed by atoms with Crippen LogP contribution in [0.15, 0.2) is 48.5 Å². The van der Waals surface area contributed by atoms with Crippen LogP contribution < -0.4 is 5.73 Å². The zero-order chi connectivity index (χ0) is 15.4. The molecule has 0 fully saturated rings. The van der Waals surface area contributed by atoms with Crippen molar-refractivity contribution in [2.75, 3.05) is 7.05 Å². The van der Waals surface area contributed by atoms with E-state index in [0.29, 0.717) is 17.1 Å². The molecule has 0 aliphatic heterocycles. The quantitative estimate of drug-likeness (QED) is 0.855. The van der Waals surface area contributed by atoms with Gasteiger partial charge in [0.05, 0.1) is 0 Å². The summed E-state index contributed by atoms with van der Waals surface area (Å²) in [7, 11) is 1.98. The Kier molecular flexibility index (Phi) is 5.04. The lowest BCUT2D eigenvalue weighted by Crippen LogP contribution is -2.23. The second-order valence-electron chi connectivity index (χ2n) is 5.18. The molecular formula is C17H19FN2S. The van der Waals surface area contributed by atoms with Gasteiger partial charge in [0.2, 0.25) is 0 Å². The minimum Gasteiger partial charge on any atom is -0.389 e. The van der Waals surface area contributed by atoms with E-state index >= 15 is 0 Å². The number of hydrogen-bond acceptors (Lipinski definition) is 2. The molecule has 0 spiro atoms. The molecule has 0 saturated carbocycles. The first-order valence-electron chi connectivity index (χ1n) is 6.82. The highest BCUT2D eigenvalue weighted by atomic mass is 32.1. The van der Waals surface area contributed by atoms with Crippen LogP contribution in [0.5, 0.6) is 0 Å². The molecule has 0 aliphatic rings. The van der Waals surface area contributed by atoms with Crippen LogP contribution in [-0.2, 0) is 6.54 Å². The van der Waals surface area contributed by atoms with E-state index in [1.54, 1.807) is 6.07 Å². The summed E-state index contributed by atoms with van der Waals surface area (Å²) in [6, 6.07) is 14.7. The third-order valence-electron chi connectivity index (χ3n) is 3.66. The summed E-state index contributed by atoms with van der Waals surface area (Å²) in [5.41, 5.74) is 8.31. The Morgan fingerprint density at radius 1 is 1.24 bits per heavy atom. The maximum Gasteiger partial charge on any atom is 0.127 e. The van der Waals surface area contributed by atoms with Gasteiger partial charge in [-0.3, -0.25) is 4.90 Å². The molecule has 21 heavy (non-hydrogen) atoms. The van der Waals surface area contributed by atoms with Gasteiger partial charge in [0.15, 0.2) is 0 Å². The van der Waals surface area contributed by atoms with Gasteiger partial charge in [0.25, 0.3) is 0 Å². The van der Waals surface area contributed by atoms with E-state index in [4.69, 9.17) is 18.0 Å². The van der Waals surface area contributed by atoms with E-state index in [1.807, 2.05) is 50.4 Å². The van der Waals surface area contributed by atoms with E-state index in [-0.39, 0.29) is 11.9 Å². The molecule has 2 aromatic rings. The zero-order valence-electron chi connectivity index (χ0n) is 12.2. The predicted octanol–water partition coefficient (Wildman–Crippen LogP) is 3.65. The fraction of sp³-hybridized carbons (Fsp3) is 0.235. The number of nitrogens with zero attached hydrogens (tertiary/aromatic N) is 1. The van der Waals surface area contributed by atoms with Gasteiger partial charge in [-0.15, -0.1) is 0 Å². The Labute approximate surface area is 130 Å². The van der Waals surface area contributed by atoms with Gasteiger partial charge < -0.3 is 5.73 Å². The molecule has 1 unspecified atom stereocenters. The van der Waals surface area contributed by atoms with E-state index in [2.05, 4.69) is 4.90 Å². The van der Waals surface area contributed by atoms with Crippen LogP contribution in [0, 0.1) is 5.82 Å². The summed E-state index contributed by atoms with van der Waals surface area (Å²) in [6.45, 7) is 2.70. The van der Waals surface area contributed by atoms with Crippen molar-refractivity contribution < 1.29 is 4.39 Å². The summed E-state index contributed by atoms with van der Waals surface area (Å²) in [6.07, 6.45) is 0. The van der Waals surface area contributed by atoms with Gasteiger partial charge in [-0.1, -0.05) is 48.6 Å². The molecule has 0 radical (unpaired) electrons. The lowest BCUT2D eigenvalue weighted by Gasteiger charge is -2.25. The number of rotatable bonds is 5. The Morgan fingerprint density at radius 3 is 2.62 bits per heavy atom. The predicted molar refractivity (Wildman–Crippen MR) is 88.6 cm³/mol. The minimum atomic E-state index is -0.172. The monoisotopic (exact) mass is 302 g/mol. The van der Waals surface area contributed by atoms with Crippen LogP contribution in [0.3, 0.4) is 0 Å². The van der Waals surface area contributed by atoms with E-state index < -0.39 is 0 Å². The molecule has 1 atom stereocenters. The van der Waals surface area contributed by atoms with E-state index in [1.165, 1.54) is 6.07 Å². The summed E-state index contributed by atoms with van der Waals surface area (Å²) < 4.78 is 13.8. The molecule has 0 heterocycles. The largest absolute Gasteiger partial charge is 0.389 e. The Bertz CT molecular complexity index is 642. The van der Waals surface area contributed by atoms with Crippen LogP contribution in [0.1, 0.15) is 29.7 Å². The van der Waals surface area contributed by atoms with Crippen LogP contribution in [0.25, 0.3) is 0 Å². The number of hydrogen-bond donors (Lipinski definition) is 1.